The summed E-state index contributed by atoms with van der Waals surface area (Å²) >= 11 is 1.52. The first-order chi connectivity index (χ1) is 9.08. The largest absolute Gasteiger partial charge is 0.481 e. The standard InChI is InChI=1S/C13H18N2O3S/c1-9(13(17)18)6-15(11-3-4-11)12(16)5-2-10-7-19-8-14-10/h7-9,11H,2-6H2,1H3,(H,17,18). The van der Waals surface area contributed by atoms with E-state index in [-0.39, 0.29) is 11.9 Å². The fraction of sp³-hybridized carbons (Fsp3) is 0.615. The van der Waals surface area contributed by atoms with Crippen molar-refractivity contribution in [1.82, 2.24) is 9.88 Å². The molecule has 104 valence electrons. The number of thiazole rings is 1. The zero-order valence-electron chi connectivity index (χ0n) is 10.9. The third-order valence-corrected chi connectivity index (χ3v) is 3.91. The van der Waals surface area contributed by atoms with Crippen molar-refractivity contribution in [2.45, 2.75) is 38.6 Å². The van der Waals surface area contributed by atoms with Crippen LogP contribution >= 0.6 is 11.3 Å². The van der Waals surface area contributed by atoms with Crippen molar-refractivity contribution in [2.75, 3.05) is 6.54 Å². The van der Waals surface area contributed by atoms with Crippen LogP contribution in [0.25, 0.3) is 0 Å². The molecule has 0 saturated heterocycles. The normalized spacial score (nSPS) is 16.1. The second kappa shape index (κ2) is 6.14. The molecule has 1 N–H and O–H groups in total. The molecule has 5 nitrogen and oxygen atoms in total. The highest BCUT2D eigenvalue weighted by atomic mass is 32.1. The molecular weight excluding hydrogens is 264 g/mol. The number of carbonyl (C=O) groups excluding carboxylic acids is 1. The van der Waals surface area contributed by atoms with Crippen LogP contribution in [0.1, 0.15) is 31.9 Å². The van der Waals surface area contributed by atoms with E-state index in [0.717, 1.165) is 18.5 Å². The molecule has 1 fully saturated rings. The van der Waals surface area contributed by atoms with Gasteiger partial charge in [0.05, 0.1) is 17.1 Å². The van der Waals surface area contributed by atoms with Gasteiger partial charge in [0.2, 0.25) is 5.91 Å². The lowest BCUT2D eigenvalue weighted by Crippen LogP contribution is -2.38. The Morgan fingerprint density at radius 2 is 2.32 bits per heavy atom. The van der Waals surface area contributed by atoms with E-state index in [0.29, 0.717) is 19.4 Å². The van der Waals surface area contributed by atoms with Crippen molar-refractivity contribution in [3.8, 4) is 0 Å². The molecule has 0 aromatic carbocycles. The molecule has 0 bridgehead atoms. The van der Waals surface area contributed by atoms with E-state index in [1.807, 2.05) is 5.38 Å². The Balaban J connectivity index is 1.87. The minimum atomic E-state index is -0.849. The Morgan fingerprint density at radius 1 is 1.58 bits per heavy atom. The summed E-state index contributed by atoms with van der Waals surface area (Å²) < 4.78 is 0. The predicted octanol–water partition coefficient (Wildman–Crippen LogP) is 1.79. The maximum Gasteiger partial charge on any atom is 0.308 e. The van der Waals surface area contributed by atoms with Crippen LogP contribution in [0.15, 0.2) is 10.9 Å². The van der Waals surface area contributed by atoms with Crippen LogP contribution in [0, 0.1) is 5.92 Å². The molecule has 1 amide bonds. The number of nitrogens with zero attached hydrogens (tertiary/aromatic N) is 2. The summed E-state index contributed by atoms with van der Waals surface area (Å²) in [6.45, 7) is 1.96. The van der Waals surface area contributed by atoms with Crippen LogP contribution < -0.4 is 0 Å². The molecule has 1 saturated carbocycles. The Kier molecular flexibility index (Phi) is 4.52. The molecule has 1 aromatic heterocycles. The summed E-state index contributed by atoms with van der Waals surface area (Å²) in [4.78, 5) is 29.0. The van der Waals surface area contributed by atoms with Gasteiger partial charge < -0.3 is 10.0 Å². The van der Waals surface area contributed by atoms with Gasteiger partial charge in [0.15, 0.2) is 0 Å². The van der Waals surface area contributed by atoms with Crippen molar-refractivity contribution in [3.05, 3.63) is 16.6 Å². The number of hydrogen-bond acceptors (Lipinski definition) is 4. The first-order valence-corrected chi connectivity index (χ1v) is 7.41. The quantitative estimate of drug-likeness (QED) is 0.827. The SMILES string of the molecule is CC(CN(C(=O)CCc1cscn1)C1CC1)C(=O)O. The molecule has 0 spiro atoms. The van der Waals surface area contributed by atoms with E-state index < -0.39 is 11.9 Å². The highest BCUT2D eigenvalue weighted by Crippen LogP contribution is 2.28. The van der Waals surface area contributed by atoms with Crippen LogP contribution in [0.3, 0.4) is 0 Å². The van der Waals surface area contributed by atoms with Crippen LogP contribution in [0.5, 0.6) is 0 Å². The highest BCUT2D eigenvalue weighted by Gasteiger charge is 2.34. The van der Waals surface area contributed by atoms with E-state index in [2.05, 4.69) is 4.98 Å². The molecule has 2 rings (SSSR count). The van der Waals surface area contributed by atoms with Gasteiger partial charge >= 0.3 is 5.97 Å². The van der Waals surface area contributed by atoms with Gasteiger partial charge in [-0.3, -0.25) is 9.59 Å². The minimum absolute atomic E-state index is 0.0450. The molecule has 0 aliphatic heterocycles. The van der Waals surface area contributed by atoms with Crippen molar-refractivity contribution in [1.29, 1.82) is 0 Å². The number of carbonyl (C=O) groups is 2. The fourth-order valence-corrected chi connectivity index (χ4v) is 2.55. The second-order valence-electron chi connectivity index (χ2n) is 5.00. The molecule has 1 atom stereocenters. The summed E-state index contributed by atoms with van der Waals surface area (Å²) in [5.74, 6) is -1.31. The zero-order chi connectivity index (χ0) is 13.8. The van der Waals surface area contributed by atoms with E-state index in [9.17, 15) is 9.59 Å². The Hall–Kier alpha value is -1.43. The minimum Gasteiger partial charge on any atom is -0.481 e. The maximum atomic E-state index is 12.2. The molecule has 6 heteroatoms. The van der Waals surface area contributed by atoms with Gasteiger partial charge in [-0.1, -0.05) is 6.92 Å². The van der Waals surface area contributed by atoms with Gasteiger partial charge in [-0.2, -0.15) is 0 Å². The number of amides is 1. The van der Waals surface area contributed by atoms with E-state index in [1.54, 1.807) is 17.3 Å². The molecule has 1 heterocycles. The topological polar surface area (TPSA) is 70.5 Å². The smallest absolute Gasteiger partial charge is 0.308 e. The van der Waals surface area contributed by atoms with E-state index >= 15 is 0 Å². The van der Waals surface area contributed by atoms with Crippen molar-refractivity contribution in [3.63, 3.8) is 0 Å². The Morgan fingerprint density at radius 3 is 2.84 bits per heavy atom. The third kappa shape index (κ3) is 4.02. The lowest BCUT2D eigenvalue weighted by molar-refractivity contribution is -0.143. The van der Waals surface area contributed by atoms with Gasteiger partial charge in [0.1, 0.15) is 0 Å². The van der Waals surface area contributed by atoms with Crippen molar-refractivity contribution >= 4 is 23.2 Å². The summed E-state index contributed by atoms with van der Waals surface area (Å²) in [5, 5.41) is 10.9. The first-order valence-electron chi connectivity index (χ1n) is 6.47. The van der Waals surface area contributed by atoms with Gasteiger partial charge in [-0.15, -0.1) is 11.3 Å². The van der Waals surface area contributed by atoms with Gasteiger partial charge in [-0.05, 0) is 19.3 Å². The van der Waals surface area contributed by atoms with E-state index in [1.165, 1.54) is 11.3 Å². The summed E-state index contributed by atoms with van der Waals surface area (Å²) in [6, 6.07) is 0.254. The lowest BCUT2D eigenvalue weighted by Gasteiger charge is -2.24. The molecular formula is C13H18N2O3S. The number of hydrogen-bond donors (Lipinski definition) is 1. The van der Waals surface area contributed by atoms with Crippen molar-refractivity contribution < 1.29 is 14.7 Å². The van der Waals surface area contributed by atoms with Crippen LogP contribution in [-0.2, 0) is 16.0 Å². The van der Waals surface area contributed by atoms with Gasteiger partial charge in [0, 0.05) is 24.4 Å². The fourth-order valence-electron chi connectivity index (χ4n) is 1.95. The van der Waals surface area contributed by atoms with Gasteiger partial charge in [-0.25, -0.2) is 4.98 Å². The second-order valence-corrected chi connectivity index (χ2v) is 5.72. The summed E-state index contributed by atoms with van der Waals surface area (Å²) in [7, 11) is 0. The number of carboxylic acids is 1. The average molecular weight is 282 g/mol. The number of carboxylic acid groups (broad SMARTS) is 1. The van der Waals surface area contributed by atoms with Crippen LogP contribution in [-0.4, -0.2) is 39.5 Å². The van der Waals surface area contributed by atoms with Crippen LogP contribution in [0.4, 0.5) is 0 Å². The Bertz CT molecular complexity index is 443. The Labute approximate surface area is 116 Å². The lowest BCUT2D eigenvalue weighted by atomic mass is 10.1. The maximum absolute atomic E-state index is 12.2. The van der Waals surface area contributed by atoms with Crippen LogP contribution in [0.2, 0.25) is 0 Å². The first kappa shape index (κ1) is 14.0. The summed E-state index contributed by atoms with van der Waals surface area (Å²) in [5.41, 5.74) is 2.69. The molecule has 0 radical (unpaired) electrons. The number of aromatic nitrogens is 1. The monoisotopic (exact) mass is 282 g/mol. The number of aliphatic carboxylic acids is 1. The van der Waals surface area contributed by atoms with Crippen molar-refractivity contribution in [2.24, 2.45) is 5.92 Å². The molecule has 1 unspecified atom stereocenters. The molecule has 19 heavy (non-hydrogen) atoms. The molecule has 1 aromatic rings. The van der Waals surface area contributed by atoms with Gasteiger partial charge in [0.25, 0.3) is 0 Å². The molecule has 1 aliphatic carbocycles. The molecule has 1 aliphatic rings. The third-order valence-electron chi connectivity index (χ3n) is 3.28. The zero-order valence-corrected chi connectivity index (χ0v) is 11.7. The number of aryl methyl sites for hydroxylation is 1. The summed E-state index contributed by atoms with van der Waals surface area (Å²) in [6.07, 6.45) is 3.03. The average Bonchev–Trinajstić information content (AvgIpc) is 3.08. The highest BCUT2D eigenvalue weighted by molar-refractivity contribution is 7.07. The van der Waals surface area contributed by atoms with E-state index in [4.69, 9.17) is 5.11 Å². The number of rotatable bonds is 7. The predicted molar refractivity (Wildman–Crippen MR) is 72.0 cm³/mol.